The summed E-state index contributed by atoms with van der Waals surface area (Å²) in [4.78, 5) is 2.62. The Morgan fingerprint density at radius 2 is 0.562 bits per heavy atom. The molecule has 0 unspecified atom stereocenters. The van der Waals surface area contributed by atoms with Crippen LogP contribution in [0.15, 0.2) is 261 Å². The van der Waals surface area contributed by atoms with Gasteiger partial charge in [0.1, 0.15) is 0 Å². The summed E-state index contributed by atoms with van der Waals surface area (Å²) in [5, 5.41) is 10.1. The molecule has 73 heavy (non-hydrogen) atoms. The molecule has 0 bridgehead atoms. The Labute approximate surface area is 423 Å². The van der Waals surface area contributed by atoms with E-state index in [1.165, 1.54) is 132 Å². The first-order chi connectivity index (χ1) is 36.3. The highest BCUT2D eigenvalue weighted by Gasteiger charge is 2.55. The van der Waals surface area contributed by atoms with Crippen LogP contribution in [0.3, 0.4) is 0 Å². The molecular formula is C72H43N. The second-order valence-electron chi connectivity index (χ2n) is 20.5. The smallest absolute Gasteiger partial charge is 0.0732 e. The zero-order valence-electron chi connectivity index (χ0n) is 39.8. The van der Waals surface area contributed by atoms with Crippen molar-refractivity contribution in [1.82, 2.24) is 0 Å². The standard InChI is InChI=1S/C72H43N/c1-2-22-46(23-3-1)73(65-42-63-67(55-32-10-8-30-53(55)65)57-40-38-44-20-4-6-24-47(44)69(57)71(63)59-34-16-12-26-49(59)50-27-13-17-35-60(50)71)66-43-64-68(56-33-11-9-31-54(56)66)58-41-39-45-21-5-7-25-48(45)70(58)72(64)61-36-18-14-28-51(61)52-29-15-19-37-62(52)72/h1-43H. The van der Waals surface area contributed by atoms with Crippen LogP contribution in [0.4, 0.5) is 17.1 Å². The molecule has 0 radical (unpaired) electrons. The molecule has 1 heteroatoms. The lowest BCUT2D eigenvalue weighted by Crippen LogP contribution is -2.27. The molecule has 0 N–H and O–H groups in total. The van der Waals surface area contributed by atoms with Gasteiger partial charge in [0, 0.05) is 16.5 Å². The number of rotatable bonds is 3. The van der Waals surface area contributed by atoms with Gasteiger partial charge in [-0.15, -0.1) is 0 Å². The van der Waals surface area contributed by atoms with Crippen molar-refractivity contribution in [2.45, 2.75) is 10.8 Å². The minimum absolute atomic E-state index is 0.579. The molecule has 2 spiro atoms. The van der Waals surface area contributed by atoms with Crippen LogP contribution in [0.2, 0.25) is 0 Å². The van der Waals surface area contributed by atoms with E-state index in [-0.39, 0.29) is 0 Å². The lowest BCUT2D eigenvalue weighted by Gasteiger charge is -2.35. The van der Waals surface area contributed by atoms with E-state index in [4.69, 9.17) is 0 Å². The molecule has 336 valence electrons. The molecule has 0 amide bonds. The molecule has 0 saturated carbocycles. The Morgan fingerprint density at radius 1 is 0.233 bits per heavy atom. The highest BCUT2D eigenvalue weighted by molar-refractivity contribution is 6.18. The monoisotopic (exact) mass is 921 g/mol. The van der Waals surface area contributed by atoms with E-state index in [9.17, 15) is 0 Å². The minimum atomic E-state index is -0.579. The van der Waals surface area contributed by atoms with Crippen LogP contribution < -0.4 is 4.90 Å². The number of benzene rings is 13. The van der Waals surface area contributed by atoms with E-state index in [1.807, 2.05) is 0 Å². The molecule has 0 heterocycles. The number of anilines is 3. The van der Waals surface area contributed by atoms with Crippen molar-refractivity contribution < 1.29 is 0 Å². The van der Waals surface area contributed by atoms with Gasteiger partial charge >= 0.3 is 0 Å². The van der Waals surface area contributed by atoms with Crippen molar-refractivity contribution in [3.8, 4) is 44.5 Å². The third-order valence-corrected chi connectivity index (χ3v) is 17.4. The van der Waals surface area contributed by atoms with E-state index in [1.54, 1.807) is 0 Å². The molecule has 13 aromatic carbocycles. The van der Waals surface area contributed by atoms with E-state index in [2.05, 4.69) is 266 Å². The normalized spacial score (nSPS) is 14.2. The largest absolute Gasteiger partial charge is 0.309 e. The fraction of sp³-hybridized carbons (Fsp3) is 0.0278. The maximum atomic E-state index is 2.62. The Bertz CT molecular complexity index is 4210. The molecule has 0 aromatic heterocycles. The van der Waals surface area contributed by atoms with Gasteiger partial charge in [-0.1, -0.05) is 237 Å². The quantitative estimate of drug-likeness (QED) is 0.171. The molecule has 0 atom stereocenters. The topological polar surface area (TPSA) is 3.24 Å². The van der Waals surface area contributed by atoms with Crippen LogP contribution in [-0.4, -0.2) is 0 Å². The van der Waals surface area contributed by atoms with Gasteiger partial charge in [0.05, 0.1) is 22.2 Å². The first kappa shape index (κ1) is 39.4. The summed E-state index contributed by atoms with van der Waals surface area (Å²) in [5.41, 5.74) is 23.5. The van der Waals surface area contributed by atoms with Crippen LogP contribution in [0.5, 0.6) is 0 Å². The first-order valence-electron chi connectivity index (χ1n) is 25.7. The zero-order valence-corrected chi connectivity index (χ0v) is 39.8. The lowest BCUT2D eigenvalue weighted by molar-refractivity contribution is 0.801. The highest BCUT2D eigenvalue weighted by atomic mass is 15.1. The number of hydrogen-bond acceptors (Lipinski definition) is 1. The Kier molecular flexibility index (Phi) is 7.66. The molecule has 1 nitrogen and oxygen atoms in total. The number of nitrogens with zero attached hydrogens (tertiary/aromatic N) is 1. The molecule has 13 aromatic rings. The van der Waals surface area contributed by atoms with Gasteiger partial charge < -0.3 is 4.90 Å². The second-order valence-corrected chi connectivity index (χ2v) is 20.5. The Balaban J connectivity index is 1.04. The summed E-state index contributed by atoms with van der Waals surface area (Å²) in [6.07, 6.45) is 0. The summed E-state index contributed by atoms with van der Waals surface area (Å²) >= 11 is 0. The molecule has 0 aliphatic heterocycles. The summed E-state index contributed by atoms with van der Waals surface area (Å²) in [7, 11) is 0. The predicted molar refractivity (Wildman–Crippen MR) is 304 cm³/mol. The van der Waals surface area contributed by atoms with Gasteiger partial charge in [-0.3, -0.25) is 0 Å². The van der Waals surface area contributed by atoms with Crippen molar-refractivity contribution in [2.75, 3.05) is 4.90 Å². The third-order valence-electron chi connectivity index (χ3n) is 17.4. The van der Waals surface area contributed by atoms with Gasteiger partial charge in [0.15, 0.2) is 0 Å². The van der Waals surface area contributed by atoms with Crippen molar-refractivity contribution in [3.05, 3.63) is 305 Å². The minimum Gasteiger partial charge on any atom is -0.309 e. The van der Waals surface area contributed by atoms with E-state index >= 15 is 0 Å². The van der Waals surface area contributed by atoms with Gasteiger partial charge in [0.25, 0.3) is 0 Å². The summed E-state index contributed by atoms with van der Waals surface area (Å²) < 4.78 is 0. The summed E-state index contributed by atoms with van der Waals surface area (Å²) in [5.74, 6) is 0. The van der Waals surface area contributed by atoms with Crippen molar-refractivity contribution in [1.29, 1.82) is 0 Å². The maximum absolute atomic E-state index is 2.62. The van der Waals surface area contributed by atoms with Gasteiger partial charge in [-0.2, -0.15) is 0 Å². The van der Waals surface area contributed by atoms with E-state index in [0.29, 0.717) is 0 Å². The van der Waals surface area contributed by atoms with Crippen LogP contribution in [-0.2, 0) is 10.8 Å². The fourth-order valence-electron chi connectivity index (χ4n) is 14.9. The van der Waals surface area contributed by atoms with Crippen LogP contribution >= 0.6 is 0 Å². The van der Waals surface area contributed by atoms with Crippen LogP contribution in [0.1, 0.15) is 44.5 Å². The van der Waals surface area contributed by atoms with E-state index in [0.717, 1.165) is 17.1 Å². The maximum Gasteiger partial charge on any atom is 0.0732 e. The van der Waals surface area contributed by atoms with Crippen molar-refractivity contribution >= 4 is 60.2 Å². The average Bonchev–Trinajstić information content (AvgIpc) is 4.20. The molecule has 0 saturated heterocycles. The van der Waals surface area contributed by atoms with Gasteiger partial charge in [0.2, 0.25) is 0 Å². The summed E-state index contributed by atoms with van der Waals surface area (Å²) in [6, 6.07) is 99.3. The van der Waals surface area contributed by atoms with Crippen molar-refractivity contribution in [2.24, 2.45) is 0 Å². The first-order valence-corrected chi connectivity index (χ1v) is 25.7. The van der Waals surface area contributed by atoms with Gasteiger partial charge in [-0.05, 0) is 146 Å². The van der Waals surface area contributed by atoms with Crippen LogP contribution in [0.25, 0.3) is 87.6 Å². The van der Waals surface area contributed by atoms with Gasteiger partial charge in [-0.25, -0.2) is 0 Å². The molecule has 4 aliphatic carbocycles. The lowest BCUT2D eigenvalue weighted by atomic mass is 9.69. The molecular weight excluding hydrogens is 879 g/mol. The third kappa shape index (κ3) is 4.74. The second kappa shape index (κ2) is 14.2. The Morgan fingerprint density at radius 3 is 0.973 bits per heavy atom. The zero-order chi connectivity index (χ0) is 47.6. The molecule has 0 fully saturated rings. The van der Waals surface area contributed by atoms with Crippen LogP contribution in [0, 0.1) is 0 Å². The summed E-state index contributed by atoms with van der Waals surface area (Å²) in [6.45, 7) is 0. The predicted octanol–water partition coefficient (Wildman–Crippen LogP) is 18.5. The van der Waals surface area contributed by atoms with Crippen molar-refractivity contribution in [3.63, 3.8) is 0 Å². The number of para-hydroxylation sites is 1. The number of hydrogen-bond donors (Lipinski definition) is 0. The Hall–Kier alpha value is -9.30. The fourth-order valence-corrected chi connectivity index (χ4v) is 14.9. The molecule has 4 aliphatic rings. The average molecular weight is 922 g/mol. The molecule has 17 rings (SSSR count). The SMILES string of the molecule is c1ccc(N(c2cc3c(c4ccccc24)-c2ccc4ccccc4c2C32c3ccccc3-c3ccccc32)c2cc3c(c4ccccc24)-c2ccc4ccccc4c2C32c3ccccc3-c3ccccc32)cc1. The highest BCUT2D eigenvalue weighted by Crippen LogP contribution is 2.68. The number of fused-ring (bicyclic) bond motifs is 28. The van der Waals surface area contributed by atoms with E-state index < -0.39 is 10.8 Å².